The van der Waals surface area contributed by atoms with Gasteiger partial charge < -0.3 is 16.2 Å². The molecule has 5 N–H and O–H groups in total. The predicted octanol–water partition coefficient (Wildman–Crippen LogP) is 1.56. The SMILES string of the molecule is CS(=O)(=O)O.NC(N)=Nc1ccc(C(=O)Oc2ccc(SCCN3C(=O)CCC3=O)cc2)cc1. The summed E-state index contributed by atoms with van der Waals surface area (Å²) in [4.78, 5) is 41.6. The maximum Gasteiger partial charge on any atom is 0.343 e. The molecule has 0 aliphatic carbocycles. The summed E-state index contributed by atoms with van der Waals surface area (Å²) in [6, 6.07) is 13.4. The standard InChI is InChI=1S/C20H20N4O4S.CH4O3S/c21-20(22)23-14-3-1-13(2-4-14)19(27)28-15-5-7-16(8-6-15)29-12-11-24-17(25)9-10-18(24)26;1-5(2,3)4/h1-8H,9-12H2,(H4,21,22,23);1H3,(H,2,3,4). The van der Waals surface area contributed by atoms with Crippen LogP contribution >= 0.6 is 11.8 Å². The summed E-state index contributed by atoms with van der Waals surface area (Å²) in [5, 5.41) is 0. The van der Waals surface area contributed by atoms with Crippen LogP contribution in [0.5, 0.6) is 5.75 Å². The van der Waals surface area contributed by atoms with Gasteiger partial charge in [0.2, 0.25) is 11.8 Å². The quantitative estimate of drug-likeness (QED) is 0.0943. The summed E-state index contributed by atoms with van der Waals surface area (Å²) < 4.78 is 31.2. The van der Waals surface area contributed by atoms with Crippen LogP contribution in [-0.2, 0) is 19.7 Å². The fourth-order valence-corrected chi connectivity index (χ4v) is 3.56. The first-order valence-corrected chi connectivity index (χ1v) is 12.7. The lowest BCUT2D eigenvalue weighted by Gasteiger charge is -2.13. The van der Waals surface area contributed by atoms with Crippen molar-refractivity contribution in [2.24, 2.45) is 16.5 Å². The average molecular weight is 509 g/mol. The minimum absolute atomic E-state index is 0.0584. The van der Waals surface area contributed by atoms with Gasteiger partial charge in [-0.05, 0) is 48.5 Å². The van der Waals surface area contributed by atoms with Crippen LogP contribution < -0.4 is 16.2 Å². The van der Waals surface area contributed by atoms with Gasteiger partial charge in [0.05, 0.1) is 17.5 Å². The topological polar surface area (TPSA) is 182 Å². The van der Waals surface area contributed by atoms with Crippen LogP contribution in [0.3, 0.4) is 0 Å². The third kappa shape index (κ3) is 9.60. The summed E-state index contributed by atoms with van der Waals surface area (Å²) in [7, 11) is -3.67. The lowest BCUT2D eigenvalue weighted by Crippen LogP contribution is -2.31. The number of amides is 2. The van der Waals surface area contributed by atoms with Crippen molar-refractivity contribution >= 4 is 51.3 Å². The highest BCUT2D eigenvalue weighted by atomic mass is 32.2. The molecular weight excluding hydrogens is 484 g/mol. The number of esters is 1. The fraction of sp³-hybridized carbons (Fsp3) is 0.238. The third-order valence-corrected chi connectivity index (χ3v) is 5.13. The van der Waals surface area contributed by atoms with Crippen molar-refractivity contribution in [3.05, 3.63) is 54.1 Å². The number of benzene rings is 2. The second kappa shape index (κ2) is 12.2. The van der Waals surface area contributed by atoms with Crippen molar-refractivity contribution in [2.75, 3.05) is 18.6 Å². The Kier molecular flexibility index (Phi) is 9.59. The first-order valence-electron chi connectivity index (χ1n) is 9.83. The van der Waals surface area contributed by atoms with E-state index in [-0.39, 0.29) is 17.8 Å². The summed E-state index contributed by atoms with van der Waals surface area (Å²) in [6.45, 7) is 0.398. The van der Waals surface area contributed by atoms with E-state index in [0.29, 0.717) is 48.4 Å². The van der Waals surface area contributed by atoms with Crippen molar-refractivity contribution in [1.29, 1.82) is 0 Å². The van der Waals surface area contributed by atoms with E-state index in [1.165, 1.54) is 16.7 Å². The lowest BCUT2D eigenvalue weighted by atomic mass is 10.2. The van der Waals surface area contributed by atoms with Crippen LogP contribution in [0, 0.1) is 0 Å². The molecule has 0 spiro atoms. The zero-order valence-corrected chi connectivity index (χ0v) is 19.8. The molecule has 2 amide bonds. The van der Waals surface area contributed by atoms with Gasteiger partial charge in [-0.1, -0.05) is 0 Å². The fourth-order valence-electron chi connectivity index (χ4n) is 2.72. The molecule has 2 aromatic rings. The number of aliphatic imine (C=N–C) groups is 1. The summed E-state index contributed by atoms with van der Waals surface area (Å²) >= 11 is 1.52. The van der Waals surface area contributed by atoms with Crippen molar-refractivity contribution in [2.45, 2.75) is 17.7 Å². The zero-order chi connectivity index (χ0) is 25.3. The molecule has 0 atom stereocenters. The van der Waals surface area contributed by atoms with Crippen molar-refractivity contribution < 1.29 is 32.1 Å². The molecule has 1 aliphatic rings. The number of likely N-dealkylation sites (tertiary alicyclic amines) is 1. The van der Waals surface area contributed by atoms with E-state index in [1.807, 2.05) is 12.1 Å². The molecular formula is C21H24N4O7S2. The lowest BCUT2D eigenvalue weighted by molar-refractivity contribution is -0.137. The number of thioether (sulfide) groups is 1. The second-order valence-corrected chi connectivity index (χ2v) is 9.60. The van der Waals surface area contributed by atoms with Gasteiger partial charge in [-0.3, -0.25) is 19.0 Å². The monoisotopic (exact) mass is 508 g/mol. The Bertz CT molecular complexity index is 1140. The highest BCUT2D eigenvalue weighted by Crippen LogP contribution is 2.23. The maximum atomic E-state index is 12.2. The minimum Gasteiger partial charge on any atom is -0.423 e. The molecule has 1 fully saturated rings. The number of carbonyl (C=O) groups excluding carboxylic acids is 3. The molecule has 0 bridgehead atoms. The Morgan fingerprint density at radius 1 is 1.06 bits per heavy atom. The van der Waals surface area contributed by atoms with Crippen LogP contribution in [0.15, 0.2) is 58.4 Å². The van der Waals surface area contributed by atoms with Crippen LogP contribution in [0.4, 0.5) is 5.69 Å². The van der Waals surface area contributed by atoms with Gasteiger partial charge in [0.1, 0.15) is 5.75 Å². The van der Waals surface area contributed by atoms with Crippen molar-refractivity contribution in [3.63, 3.8) is 0 Å². The second-order valence-electron chi connectivity index (χ2n) is 6.97. The number of hydrogen-bond acceptors (Lipinski definition) is 8. The van der Waals surface area contributed by atoms with Crippen molar-refractivity contribution in [3.8, 4) is 5.75 Å². The molecule has 0 unspecified atom stereocenters. The normalized spacial score (nSPS) is 13.2. The number of carbonyl (C=O) groups is 3. The molecule has 34 heavy (non-hydrogen) atoms. The van der Waals surface area contributed by atoms with E-state index < -0.39 is 16.1 Å². The Labute approximate surface area is 200 Å². The van der Waals surface area contributed by atoms with Gasteiger partial charge in [0.25, 0.3) is 10.1 Å². The third-order valence-electron chi connectivity index (χ3n) is 4.13. The number of nitrogens with zero attached hydrogens (tertiary/aromatic N) is 2. The number of guanidine groups is 1. The number of imide groups is 1. The molecule has 1 saturated heterocycles. The van der Waals surface area contributed by atoms with Crippen LogP contribution in [-0.4, -0.2) is 60.2 Å². The van der Waals surface area contributed by atoms with Gasteiger partial charge in [0, 0.05) is 30.0 Å². The van der Waals surface area contributed by atoms with Gasteiger partial charge in [-0.15, -0.1) is 11.8 Å². The first kappa shape index (κ1) is 26.8. The van der Waals surface area contributed by atoms with Crippen molar-refractivity contribution in [1.82, 2.24) is 4.90 Å². The largest absolute Gasteiger partial charge is 0.423 e. The van der Waals surface area contributed by atoms with E-state index in [4.69, 9.17) is 20.8 Å². The van der Waals surface area contributed by atoms with E-state index in [1.54, 1.807) is 36.4 Å². The summed E-state index contributed by atoms with van der Waals surface area (Å²) in [6.07, 6.45) is 1.33. The average Bonchev–Trinajstić information content (AvgIpc) is 3.06. The Morgan fingerprint density at radius 2 is 1.59 bits per heavy atom. The molecule has 3 rings (SSSR count). The summed E-state index contributed by atoms with van der Waals surface area (Å²) in [5.74, 6) is 0.259. The van der Waals surface area contributed by atoms with Crippen LogP contribution in [0.1, 0.15) is 23.2 Å². The Balaban J connectivity index is 0.000000739. The molecule has 0 radical (unpaired) electrons. The number of ether oxygens (including phenoxy) is 1. The number of nitrogens with two attached hydrogens (primary N) is 2. The molecule has 13 heteroatoms. The van der Waals surface area contributed by atoms with E-state index >= 15 is 0 Å². The molecule has 182 valence electrons. The van der Waals surface area contributed by atoms with Crippen LogP contribution in [0.25, 0.3) is 0 Å². The van der Waals surface area contributed by atoms with E-state index in [0.717, 1.165) is 4.90 Å². The molecule has 2 aromatic carbocycles. The smallest absolute Gasteiger partial charge is 0.343 e. The molecule has 1 heterocycles. The number of hydrogen-bond donors (Lipinski definition) is 3. The minimum atomic E-state index is -3.67. The van der Waals surface area contributed by atoms with Gasteiger partial charge in [0.15, 0.2) is 5.96 Å². The Hall–Kier alpha value is -3.42. The first-order chi connectivity index (χ1) is 15.9. The molecule has 11 nitrogen and oxygen atoms in total. The maximum absolute atomic E-state index is 12.2. The highest BCUT2D eigenvalue weighted by Gasteiger charge is 2.28. The zero-order valence-electron chi connectivity index (χ0n) is 18.2. The molecule has 0 saturated carbocycles. The number of rotatable bonds is 7. The summed E-state index contributed by atoms with van der Waals surface area (Å²) in [5.41, 5.74) is 11.5. The van der Waals surface area contributed by atoms with E-state index in [9.17, 15) is 22.8 Å². The van der Waals surface area contributed by atoms with Gasteiger partial charge >= 0.3 is 5.97 Å². The molecule has 0 aromatic heterocycles. The highest BCUT2D eigenvalue weighted by molar-refractivity contribution is 7.99. The van der Waals surface area contributed by atoms with E-state index in [2.05, 4.69) is 4.99 Å². The van der Waals surface area contributed by atoms with Crippen LogP contribution in [0.2, 0.25) is 0 Å². The van der Waals surface area contributed by atoms with Gasteiger partial charge in [-0.25, -0.2) is 9.79 Å². The van der Waals surface area contributed by atoms with Gasteiger partial charge in [-0.2, -0.15) is 8.42 Å². The predicted molar refractivity (Wildman–Crippen MR) is 127 cm³/mol. The Morgan fingerprint density at radius 3 is 2.09 bits per heavy atom. The molecule has 1 aliphatic heterocycles.